The average molecular weight is 887 g/mol. The number of carbonyl (C=O) groups excluding carboxylic acids is 2. The van der Waals surface area contributed by atoms with Gasteiger partial charge in [-0.05, 0) is 47.5 Å². The van der Waals surface area contributed by atoms with Gasteiger partial charge in [-0.25, -0.2) is 9.59 Å². The lowest BCUT2D eigenvalue weighted by Crippen LogP contribution is -2.66. The summed E-state index contributed by atoms with van der Waals surface area (Å²) in [6.07, 6.45) is -20.3. The van der Waals surface area contributed by atoms with Gasteiger partial charge in [0, 0.05) is 12.2 Å². The van der Waals surface area contributed by atoms with Gasteiger partial charge in [0.15, 0.2) is 41.7 Å². The average Bonchev–Trinajstić information content (AvgIpc) is 3.53. The molecule has 0 aliphatic carbocycles. The maximum absolute atomic E-state index is 13.1. The fourth-order valence-electron chi connectivity index (χ4n) is 6.75. The molecule has 62 heavy (non-hydrogen) atoms. The van der Waals surface area contributed by atoms with E-state index in [1.165, 1.54) is 63.8 Å². The Morgan fingerprint density at radius 2 is 1.27 bits per heavy atom. The molecule has 3 fully saturated rings. The Morgan fingerprint density at radius 3 is 1.89 bits per heavy atom. The summed E-state index contributed by atoms with van der Waals surface area (Å²) in [7, 11) is 3.91. The molecule has 0 saturated carbocycles. The zero-order chi connectivity index (χ0) is 45.5. The molecule has 23 heteroatoms. The molecule has 3 heterocycles. The molecule has 5 rings (SSSR count). The number of aliphatic hydroxyl groups is 9. The van der Waals surface area contributed by atoms with Crippen LogP contribution in [0.15, 0.2) is 42.5 Å². The van der Waals surface area contributed by atoms with Crippen LogP contribution in [0.25, 0.3) is 12.2 Å². The minimum Gasteiger partial charge on any atom is -0.504 e. The lowest BCUT2D eigenvalue weighted by Gasteiger charge is -2.47. The lowest BCUT2D eigenvalue weighted by atomic mass is 9.96. The van der Waals surface area contributed by atoms with Gasteiger partial charge in [-0.15, -0.1) is 0 Å². The highest BCUT2D eigenvalue weighted by molar-refractivity contribution is 5.88. The van der Waals surface area contributed by atoms with E-state index in [0.717, 1.165) is 12.2 Å². The quantitative estimate of drug-likeness (QED) is 0.0540. The molecule has 0 unspecified atom stereocenters. The van der Waals surface area contributed by atoms with Crippen molar-refractivity contribution >= 4 is 24.1 Å². The van der Waals surface area contributed by atoms with E-state index in [1.807, 2.05) is 0 Å². The third kappa shape index (κ3) is 10.6. The van der Waals surface area contributed by atoms with Crippen molar-refractivity contribution in [2.45, 2.75) is 85.5 Å². The third-order valence-corrected chi connectivity index (χ3v) is 10.1. The van der Waals surface area contributed by atoms with Crippen molar-refractivity contribution < 1.29 is 113 Å². The summed E-state index contributed by atoms with van der Waals surface area (Å²) in [5, 5.41) is 116. The van der Waals surface area contributed by atoms with Crippen LogP contribution in [0.1, 0.15) is 11.1 Å². The van der Waals surface area contributed by atoms with Crippen molar-refractivity contribution in [2.24, 2.45) is 0 Å². The van der Waals surface area contributed by atoms with Crippen molar-refractivity contribution in [1.82, 2.24) is 0 Å². The second-order valence-electron chi connectivity index (χ2n) is 14.1. The molecule has 14 atom stereocenters. The van der Waals surface area contributed by atoms with Crippen LogP contribution in [0, 0.1) is 0 Å². The Kier molecular flexibility index (Phi) is 16.5. The fourth-order valence-corrected chi connectivity index (χ4v) is 6.75. The minimum atomic E-state index is -2.64. The van der Waals surface area contributed by atoms with Gasteiger partial charge < -0.3 is 104 Å². The summed E-state index contributed by atoms with van der Waals surface area (Å²) in [6.45, 7) is -3.85. The first-order chi connectivity index (χ1) is 29.5. The fraction of sp³-hybridized carbons (Fsp3) is 0.538. The highest BCUT2D eigenvalue weighted by Crippen LogP contribution is 2.40. The first-order valence-electron chi connectivity index (χ1n) is 18.8. The van der Waals surface area contributed by atoms with Crippen LogP contribution in [0.3, 0.4) is 0 Å². The topological polar surface area (TPSA) is 349 Å². The number of phenols is 2. The van der Waals surface area contributed by atoms with Crippen molar-refractivity contribution in [3.63, 3.8) is 0 Å². The molecule has 2 aromatic rings. The van der Waals surface area contributed by atoms with Gasteiger partial charge in [-0.2, -0.15) is 0 Å². The number of benzene rings is 2. The van der Waals surface area contributed by atoms with Crippen LogP contribution < -0.4 is 14.2 Å². The number of methoxy groups -OCH3 is 3. The smallest absolute Gasteiger partial charge is 0.331 e. The van der Waals surface area contributed by atoms with E-state index in [9.17, 15) is 65.8 Å². The number of rotatable bonds is 17. The van der Waals surface area contributed by atoms with Crippen LogP contribution in [0.2, 0.25) is 0 Å². The van der Waals surface area contributed by atoms with Gasteiger partial charge in [-0.3, -0.25) is 0 Å². The summed E-state index contributed by atoms with van der Waals surface area (Å²) < 4.78 is 54.5. The molecule has 3 saturated heterocycles. The molecule has 2 aromatic carbocycles. The Hall–Kier alpha value is -4.70. The normalized spacial score (nSPS) is 33.7. The van der Waals surface area contributed by atoms with E-state index in [1.54, 1.807) is 0 Å². The highest BCUT2D eigenvalue weighted by Gasteiger charge is 2.61. The first kappa shape index (κ1) is 48.3. The molecule has 0 bridgehead atoms. The number of aliphatic hydroxyl groups excluding tert-OH is 9. The second kappa shape index (κ2) is 21.1. The molecular formula is C39H50O23. The molecular weight excluding hydrogens is 836 g/mol. The number of ether oxygens (including phenoxy) is 10. The van der Waals surface area contributed by atoms with E-state index in [4.69, 9.17) is 47.4 Å². The summed E-state index contributed by atoms with van der Waals surface area (Å²) in [4.78, 5) is 26.0. The van der Waals surface area contributed by atoms with Crippen molar-refractivity contribution in [2.75, 3.05) is 47.8 Å². The van der Waals surface area contributed by atoms with E-state index < -0.39 is 124 Å². The maximum atomic E-state index is 13.1. The number of phenolic OH excluding ortho intramolecular Hbond substituents is 2. The predicted molar refractivity (Wildman–Crippen MR) is 203 cm³/mol. The van der Waals surface area contributed by atoms with Gasteiger partial charge in [0.25, 0.3) is 0 Å². The highest BCUT2D eigenvalue weighted by atomic mass is 16.8. The molecule has 3 aliphatic heterocycles. The van der Waals surface area contributed by atoms with E-state index >= 15 is 0 Å². The van der Waals surface area contributed by atoms with Crippen LogP contribution in [-0.4, -0.2) is 201 Å². The second-order valence-corrected chi connectivity index (χ2v) is 14.1. The molecule has 344 valence electrons. The lowest BCUT2D eigenvalue weighted by molar-refractivity contribution is -0.399. The summed E-state index contributed by atoms with van der Waals surface area (Å²) in [5.41, 5.74) is 0.691. The number of esters is 2. The van der Waals surface area contributed by atoms with E-state index in [0.29, 0.717) is 11.1 Å². The Labute approximate surface area is 352 Å². The van der Waals surface area contributed by atoms with E-state index in [-0.39, 0.29) is 28.7 Å². The zero-order valence-electron chi connectivity index (χ0n) is 33.3. The van der Waals surface area contributed by atoms with Crippen molar-refractivity contribution in [3.8, 4) is 28.7 Å². The molecule has 23 nitrogen and oxygen atoms in total. The zero-order valence-corrected chi connectivity index (χ0v) is 33.3. The number of carbonyl (C=O) groups is 2. The van der Waals surface area contributed by atoms with Gasteiger partial charge in [0.05, 0.1) is 34.5 Å². The largest absolute Gasteiger partial charge is 0.504 e. The number of hydrogen-bond donors (Lipinski definition) is 11. The van der Waals surface area contributed by atoms with Gasteiger partial charge >= 0.3 is 11.9 Å². The number of aromatic hydroxyl groups is 2. The summed E-state index contributed by atoms with van der Waals surface area (Å²) in [6, 6.07) is 6.89. The van der Waals surface area contributed by atoms with Crippen LogP contribution in [0.4, 0.5) is 0 Å². The van der Waals surface area contributed by atoms with Crippen molar-refractivity contribution in [1.29, 1.82) is 0 Å². The Balaban J connectivity index is 1.41. The third-order valence-electron chi connectivity index (χ3n) is 10.1. The molecule has 0 radical (unpaired) electrons. The Morgan fingerprint density at radius 1 is 0.677 bits per heavy atom. The van der Waals surface area contributed by atoms with Crippen LogP contribution in [0.5, 0.6) is 28.7 Å². The number of hydrogen-bond acceptors (Lipinski definition) is 23. The molecule has 0 spiro atoms. The SMILES string of the molecule is COc1cc(/C=C/C(=O)O[C@@H]2[C@H](O)[C@@H](CO)O[C@@]2(CO)O[C@H]2O[C@H](COC(=O)/C=C/c3cc(OC)c(O)c(OC)c3)[C@@H](O)[C@@H](O[C@@H]3O[C@H](CO)[C@@H](O)[C@@H](O)[C@H]3O)[C@H]2O)ccc1O. The van der Waals surface area contributed by atoms with Gasteiger partial charge in [0.2, 0.25) is 11.5 Å². The summed E-state index contributed by atoms with van der Waals surface area (Å²) in [5.74, 6) is -5.13. The molecule has 11 N–H and O–H groups in total. The van der Waals surface area contributed by atoms with Gasteiger partial charge in [0.1, 0.15) is 74.3 Å². The first-order valence-corrected chi connectivity index (χ1v) is 18.8. The van der Waals surface area contributed by atoms with Gasteiger partial charge in [-0.1, -0.05) is 6.07 Å². The van der Waals surface area contributed by atoms with E-state index in [2.05, 4.69) is 0 Å². The molecule has 0 amide bonds. The van der Waals surface area contributed by atoms with Crippen LogP contribution >= 0.6 is 0 Å². The minimum absolute atomic E-state index is 0.0273. The molecule has 0 aromatic heterocycles. The summed E-state index contributed by atoms with van der Waals surface area (Å²) >= 11 is 0. The predicted octanol–water partition coefficient (Wildman–Crippen LogP) is -3.61. The molecule has 3 aliphatic rings. The Bertz CT molecular complexity index is 1860. The standard InChI is InChI=1S/C39H50O23/c1-53-20-10-17(4-7-19(20)43)5-9-27(45)59-36-31(49)24(14-41)61-39(36,16-42)62-38-34(52)35(60-37-33(51)32(50)29(47)23(13-40)57-37)30(48)25(58-38)15-56-26(44)8-6-18-11-21(54-2)28(46)22(12-18)55-3/h4-12,23-25,29-38,40-43,46-52H,13-16H2,1-3H3/b8-6+,9-5+/t23-,24-,25-,29-,30-,31-,32-,33-,34-,35-,36-,37+,38-,39+/m1/s1. The van der Waals surface area contributed by atoms with Crippen LogP contribution in [-0.2, 0) is 42.7 Å². The maximum Gasteiger partial charge on any atom is 0.331 e. The monoisotopic (exact) mass is 886 g/mol. The van der Waals surface area contributed by atoms with Crippen molar-refractivity contribution in [3.05, 3.63) is 53.6 Å².